The lowest BCUT2D eigenvalue weighted by molar-refractivity contribution is -0.141. The van der Waals surface area contributed by atoms with E-state index in [9.17, 15) is 14.4 Å². The second-order valence-electron chi connectivity index (χ2n) is 10.5. The van der Waals surface area contributed by atoms with Crippen LogP contribution in [0.2, 0.25) is 0 Å². The molecule has 0 radical (unpaired) electrons. The zero-order valence-corrected chi connectivity index (χ0v) is 24.5. The van der Waals surface area contributed by atoms with Crippen LogP contribution in [0.25, 0.3) is 0 Å². The second-order valence-corrected chi connectivity index (χ2v) is 13.7. The van der Waals surface area contributed by atoms with Gasteiger partial charge in [0.15, 0.2) is 0 Å². The predicted molar refractivity (Wildman–Crippen MR) is 158 cm³/mol. The Balaban J connectivity index is 1.78. The van der Waals surface area contributed by atoms with E-state index in [1.165, 1.54) is 0 Å². The van der Waals surface area contributed by atoms with Gasteiger partial charge in [0.05, 0.1) is 12.1 Å². The number of hydrogen-bond acceptors (Lipinski definition) is 6. The Labute approximate surface area is 234 Å². The lowest BCUT2D eigenvalue weighted by Gasteiger charge is -2.31. The SMILES string of the molecule is CN[C@@H](C)C(=O)N[C@@H](CSSC(C)(C)C)C(=O)N1CCC[C@H]1C(=O)NC(c1ccccc1)c1ccccc1. The zero-order chi connectivity index (χ0) is 27.7. The molecule has 1 saturated heterocycles. The summed E-state index contributed by atoms with van der Waals surface area (Å²) in [5.41, 5.74) is 1.95. The van der Waals surface area contributed by atoms with E-state index in [2.05, 4.69) is 36.7 Å². The average molecular weight is 557 g/mol. The van der Waals surface area contributed by atoms with Gasteiger partial charge in [-0.3, -0.25) is 14.4 Å². The smallest absolute Gasteiger partial charge is 0.246 e. The highest BCUT2D eigenvalue weighted by Gasteiger charge is 2.39. The monoisotopic (exact) mass is 556 g/mol. The van der Waals surface area contributed by atoms with E-state index >= 15 is 0 Å². The molecule has 3 N–H and O–H groups in total. The third-order valence-corrected chi connectivity index (χ3v) is 9.72. The quantitative estimate of drug-likeness (QED) is 0.360. The van der Waals surface area contributed by atoms with Crippen molar-refractivity contribution >= 4 is 39.3 Å². The zero-order valence-electron chi connectivity index (χ0n) is 22.9. The van der Waals surface area contributed by atoms with Crippen LogP contribution in [0.5, 0.6) is 0 Å². The lowest BCUT2D eigenvalue weighted by atomic mass is 9.98. The number of hydrogen-bond donors (Lipinski definition) is 3. The maximum absolute atomic E-state index is 13.8. The summed E-state index contributed by atoms with van der Waals surface area (Å²) in [6.45, 7) is 8.58. The molecule has 1 heterocycles. The molecule has 0 aromatic heterocycles. The van der Waals surface area contributed by atoms with E-state index in [1.54, 1.807) is 40.5 Å². The van der Waals surface area contributed by atoms with Gasteiger partial charge in [0, 0.05) is 17.0 Å². The minimum Gasteiger partial charge on any atom is -0.343 e. The van der Waals surface area contributed by atoms with Gasteiger partial charge in [-0.2, -0.15) is 0 Å². The maximum Gasteiger partial charge on any atom is 0.246 e. The summed E-state index contributed by atoms with van der Waals surface area (Å²) in [4.78, 5) is 41.8. The summed E-state index contributed by atoms with van der Waals surface area (Å²) < 4.78 is 0.0144. The summed E-state index contributed by atoms with van der Waals surface area (Å²) in [5, 5.41) is 9.06. The minimum atomic E-state index is -0.717. The number of rotatable bonds is 11. The molecule has 0 bridgehead atoms. The summed E-state index contributed by atoms with van der Waals surface area (Å²) in [6.07, 6.45) is 1.33. The van der Waals surface area contributed by atoms with E-state index in [4.69, 9.17) is 0 Å². The number of benzene rings is 2. The molecule has 206 valence electrons. The van der Waals surface area contributed by atoms with E-state index in [1.807, 2.05) is 60.7 Å². The molecule has 3 rings (SSSR count). The Morgan fingerprint density at radius 2 is 1.55 bits per heavy atom. The van der Waals surface area contributed by atoms with Crippen LogP contribution >= 0.6 is 21.6 Å². The van der Waals surface area contributed by atoms with Gasteiger partial charge in [-0.15, -0.1) is 0 Å². The van der Waals surface area contributed by atoms with Gasteiger partial charge in [-0.25, -0.2) is 0 Å². The molecule has 9 heteroatoms. The number of likely N-dealkylation sites (N-methyl/N-ethyl adjacent to an activating group) is 1. The fourth-order valence-corrected chi connectivity index (χ4v) is 6.73. The van der Waals surface area contributed by atoms with Crippen molar-refractivity contribution in [1.29, 1.82) is 0 Å². The van der Waals surface area contributed by atoms with Crippen molar-refractivity contribution in [3.63, 3.8) is 0 Å². The highest BCUT2D eigenvalue weighted by Crippen LogP contribution is 2.35. The van der Waals surface area contributed by atoms with Crippen molar-refractivity contribution in [3.05, 3.63) is 71.8 Å². The first-order chi connectivity index (χ1) is 18.1. The van der Waals surface area contributed by atoms with Gasteiger partial charge in [0.2, 0.25) is 17.7 Å². The van der Waals surface area contributed by atoms with Crippen LogP contribution in [-0.4, -0.2) is 64.8 Å². The fraction of sp³-hybridized carbons (Fsp3) is 0.483. The van der Waals surface area contributed by atoms with Crippen LogP contribution in [0.4, 0.5) is 0 Å². The van der Waals surface area contributed by atoms with Crippen molar-refractivity contribution in [2.75, 3.05) is 19.3 Å². The topological polar surface area (TPSA) is 90.5 Å². The Bertz CT molecular complexity index is 1020. The van der Waals surface area contributed by atoms with E-state index < -0.39 is 18.1 Å². The van der Waals surface area contributed by atoms with Crippen LogP contribution in [0.1, 0.15) is 57.7 Å². The fourth-order valence-electron chi connectivity index (χ4n) is 4.27. The molecular weight excluding hydrogens is 516 g/mol. The Morgan fingerprint density at radius 3 is 2.08 bits per heavy atom. The van der Waals surface area contributed by atoms with Crippen molar-refractivity contribution in [1.82, 2.24) is 20.9 Å². The number of carbonyl (C=O) groups excluding carboxylic acids is 3. The molecule has 3 atom stereocenters. The highest BCUT2D eigenvalue weighted by molar-refractivity contribution is 8.77. The first kappa shape index (κ1) is 30.1. The molecule has 2 aromatic carbocycles. The summed E-state index contributed by atoms with van der Waals surface area (Å²) in [7, 11) is 4.95. The molecule has 0 spiro atoms. The molecule has 2 aromatic rings. The number of carbonyl (C=O) groups is 3. The highest BCUT2D eigenvalue weighted by atomic mass is 33.1. The first-order valence-corrected chi connectivity index (χ1v) is 15.4. The number of amides is 3. The van der Waals surface area contributed by atoms with Gasteiger partial charge < -0.3 is 20.9 Å². The second kappa shape index (κ2) is 14.1. The molecule has 0 aliphatic carbocycles. The first-order valence-electron chi connectivity index (χ1n) is 13.1. The van der Waals surface area contributed by atoms with Gasteiger partial charge in [-0.05, 0) is 37.9 Å². The Morgan fingerprint density at radius 1 is 0.974 bits per heavy atom. The van der Waals surface area contributed by atoms with E-state index in [-0.39, 0.29) is 28.5 Å². The van der Waals surface area contributed by atoms with Crippen LogP contribution in [0.3, 0.4) is 0 Å². The van der Waals surface area contributed by atoms with Crippen LogP contribution in [-0.2, 0) is 14.4 Å². The van der Waals surface area contributed by atoms with Gasteiger partial charge in [0.25, 0.3) is 0 Å². The minimum absolute atomic E-state index is 0.0144. The molecule has 3 amide bonds. The lowest BCUT2D eigenvalue weighted by Crippen LogP contribution is -2.56. The molecule has 38 heavy (non-hydrogen) atoms. The average Bonchev–Trinajstić information content (AvgIpc) is 3.40. The van der Waals surface area contributed by atoms with Crippen molar-refractivity contribution < 1.29 is 14.4 Å². The molecule has 0 unspecified atom stereocenters. The molecular formula is C29H40N4O3S2. The largest absolute Gasteiger partial charge is 0.343 e. The number of likely N-dealkylation sites (tertiary alicyclic amines) is 1. The van der Waals surface area contributed by atoms with E-state index in [0.717, 1.165) is 17.5 Å². The molecule has 0 saturated carbocycles. The molecule has 1 fully saturated rings. The summed E-state index contributed by atoms with van der Waals surface area (Å²) in [5.74, 6) is -0.207. The van der Waals surface area contributed by atoms with Gasteiger partial charge in [0.1, 0.15) is 12.1 Å². The van der Waals surface area contributed by atoms with Crippen molar-refractivity contribution in [3.8, 4) is 0 Å². The van der Waals surface area contributed by atoms with Crippen LogP contribution in [0.15, 0.2) is 60.7 Å². The third-order valence-electron chi connectivity index (χ3n) is 6.38. The van der Waals surface area contributed by atoms with Crippen molar-refractivity contribution in [2.45, 2.75) is 69.5 Å². The molecule has 1 aliphatic heterocycles. The molecule has 7 nitrogen and oxygen atoms in total. The van der Waals surface area contributed by atoms with E-state index in [0.29, 0.717) is 18.7 Å². The number of nitrogens with one attached hydrogen (secondary N) is 3. The number of nitrogens with zero attached hydrogens (tertiary/aromatic N) is 1. The van der Waals surface area contributed by atoms with Crippen LogP contribution in [0, 0.1) is 0 Å². The van der Waals surface area contributed by atoms with Crippen LogP contribution < -0.4 is 16.0 Å². The summed E-state index contributed by atoms with van der Waals surface area (Å²) >= 11 is 0. The maximum atomic E-state index is 13.8. The predicted octanol–water partition coefficient (Wildman–Crippen LogP) is 4.16. The molecule has 1 aliphatic rings. The van der Waals surface area contributed by atoms with Gasteiger partial charge in [-0.1, -0.05) is 103 Å². The Kier molecular flexibility index (Phi) is 11.1. The Hall–Kier alpha value is -2.49. The van der Waals surface area contributed by atoms with Gasteiger partial charge >= 0.3 is 0 Å². The summed E-state index contributed by atoms with van der Waals surface area (Å²) in [6, 6.07) is 17.6. The third kappa shape index (κ3) is 8.51. The normalized spacial score (nSPS) is 17.2. The van der Waals surface area contributed by atoms with Crippen molar-refractivity contribution in [2.24, 2.45) is 0 Å². The standard InChI is InChI=1S/C29H40N4O3S2/c1-20(30-5)26(34)31-23(19-37-38-29(2,3)4)28(36)33-18-12-17-24(33)27(35)32-25(21-13-8-6-9-14-21)22-15-10-7-11-16-22/h6-11,13-16,20,23-25,30H,12,17-19H2,1-5H3,(H,31,34)(H,32,35)/t20-,23-,24-/m0/s1.